The lowest BCUT2D eigenvalue weighted by molar-refractivity contribution is -0.147. The molecule has 0 spiro atoms. The fourth-order valence-corrected chi connectivity index (χ4v) is 1.74. The summed E-state index contributed by atoms with van der Waals surface area (Å²) in [5.41, 5.74) is 4.55. The molecule has 0 saturated heterocycles. The number of benzene rings is 1. The minimum Gasteiger partial charge on any atom is -0.488 e. The normalized spacial score (nSPS) is 15.5. The van der Waals surface area contributed by atoms with Gasteiger partial charge in [-0.15, -0.1) is 0 Å². The summed E-state index contributed by atoms with van der Waals surface area (Å²) >= 11 is 0. The van der Waals surface area contributed by atoms with Gasteiger partial charge in [-0.25, -0.2) is 8.78 Å². The summed E-state index contributed by atoms with van der Waals surface area (Å²) in [5, 5.41) is 0. The molecule has 2 atom stereocenters. The molecule has 1 aromatic rings. The maximum absolute atomic E-state index is 13.4. The molecule has 1 aromatic carbocycles. The second-order valence-electron chi connectivity index (χ2n) is 4.62. The Kier molecular flexibility index (Phi) is 4.83. The Morgan fingerprint density at radius 1 is 1.47 bits per heavy atom. The van der Waals surface area contributed by atoms with Crippen LogP contribution in [0.15, 0.2) is 18.2 Å². The highest BCUT2D eigenvalue weighted by molar-refractivity contribution is 5.79. The van der Waals surface area contributed by atoms with E-state index < -0.39 is 29.2 Å². The maximum Gasteiger partial charge on any atom is 0.325 e. The Hall–Kier alpha value is -1.69. The van der Waals surface area contributed by atoms with Crippen molar-refractivity contribution in [2.45, 2.75) is 31.9 Å². The van der Waals surface area contributed by atoms with Gasteiger partial charge < -0.3 is 15.2 Å². The third-order valence-corrected chi connectivity index (χ3v) is 2.59. The summed E-state index contributed by atoms with van der Waals surface area (Å²) < 4.78 is 36.0. The number of hydrogen-bond donors (Lipinski definition) is 1. The van der Waals surface area contributed by atoms with E-state index in [-0.39, 0.29) is 12.2 Å². The van der Waals surface area contributed by atoms with E-state index in [9.17, 15) is 13.6 Å². The van der Waals surface area contributed by atoms with Crippen LogP contribution >= 0.6 is 0 Å². The van der Waals surface area contributed by atoms with Crippen molar-refractivity contribution in [1.82, 2.24) is 0 Å². The molecule has 6 heteroatoms. The lowest BCUT2D eigenvalue weighted by Crippen LogP contribution is -2.48. The smallest absolute Gasteiger partial charge is 0.325 e. The van der Waals surface area contributed by atoms with Crippen LogP contribution in [0.4, 0.5) is 8.78 Å². The molecule has 0 aromatic heterocycles. The number of hydrogen-bond acceptors (Lipinski definition) is 4. The average Bonchev–Trinajstić information content (AvgIpc) is 2.31. The summed E-state index contributed by atoms with van der Waals surface area (Å²) in [4.78, 5) is 11.4. The zero-order valence-corrected chi connectivity index (χ0v) is 11.1. The topological polar surface area (TPSA) is 61.5 Å². The summed E-state index contributed by atoms with van der Waals surface area (Å²) in [5.74, 6) is -2.16. The van der Waals surface area contributed by atoms with E-state index in [1.165, 1.54) is 20.1 Å². The largest absolute Gasteiger partial charge is 0.488 e. The highest BCUT2D eigenvalue weighted by Crippen LogP contribution is 2.21. The first-order valence-corrected chi connectivity index (χ1v) is 5.75. The van der Waals surface area contributed by atoms with Crippen LogP contribution in [0.5, 0.6) is 5.75 Å². The predicted molar refractivity (Wildman–Crippen MR) is 65.7 cm³/mol. The van der Waals surface area contributed by atoms with E-state index in [1.54, 1.807) is 6.92 Å². The van der Waals surface area contributed by atoms with Gasteiger partial charge in [0.05, 0.1) is 13.2 Å². The Morgan fingerprint density at radius 2 is 2.11 bits per heavy atom. The molecule has 0 amide bonds. The fourth-order valence-electron chi connectivity index (χ4n) is 1.74. The molecular weight excluding hydrogens is 256 g/mol. The van der Waals surface area contributed by atoms with Crippen LogP contribution in [-0.2, 0) is 9.53 Å². The van der Waals surface area contributed by atoms with Crippen LogP contribution in [-0.4, -0.2) is 24.7 Å². The second kappa shape index (κ2) is 5.97. The van der Waals surface area contributed by atoms with E-state index in [0.717, 1.165) is 12.1 Å². The minimum absolute atomic E-state index is 0.0884. The van der Waals surface area contributed by atoms with E-state index in [0.29, 0.717) is 0 Å². The maximum atomic E-state index is 13.4. The molecule has 0 bridgehead atoms. The Morgan fingerprint density at radius 3 is 2.63 bits per heavy atom. The van der Waals surface area contributed by atoms with Gasteiger partial charge in [-0.2, -0.15) is 0 Å². The number of halogens is 2. The van der Waals surface area contributed by atoms with Crippen molar-refractivity contribution in [3.8, 4) is 5.75 Å². The van der Waals surface area contributed by atoms with Crippen molar-refractivity contribution in [2.75, 3.05) is 7.11 Å². The third-order valence-electron chi connectivity index (χ3n) is 2.59. The molecule has 0 aliphatic heterocycles. The Balaban J connectivity index is 2.70. The van der Waals surface area contributed by atoms with E-state index in [1.807, 2.05) is 0 Å². The monoisotopic (exact) mass is 273 g/mol. The summed E-state index contributed by atoms with van der Waals surface area (Å²) in [7, 11) is 1.23. The van der Waals surface area contributed by atoms with Gasteiger partial charge >= 0.3 is 5.97 Å². The van der Waals surface area contributed by atoms with Gasteiger partial charge in [0.25, 0.3) is 0 Å². The van der Waals surface area contributed by atoms with Crippen LogP contribution in [0.3, 0.4) is 0 Å². The second-order valence-corrected chi connectivity index (χ2v) is 4.62. The van der Waals surface area contributed by atoms with E-state index >= 15 is 0 Å². The molecule has 0 fully saturated rings. The molecule has 0 aliphatic carbocycles. The van der Waals surface area contributed by atoms with Crippen molar-refractivity contribution >= 4 is 5.97 Å². The van der Waals surface area contributed by atoms with Gasteiger partial charge in [0, 0.05) is 12.5 Å². The Labute approximate surface area is 110 Å². The number of rotatable bonds is 5. The fraction of sp³-hybridized carbons (Fsp3) is 0.462. The standard InChI is InChI=1S/C13H17F2NO3/c1-8(7-13(2,16)12(17)18-3)19-11-5-4-9(14)6-10(11)15/h4-6,8H,7,16H2,1-3H3. The molecule has 0 heterocycles. The van der Waals surface area contributed by atoms with Crippen LogP contribution in [0.1, 0.15) is 20.3 Å². The van der Waals surface area contributed by atoms with Gasteiger partial charge in [0.15, 0.2) is 11.6 Å². The van der Waals surface area contributed by atoms with Crippen molar-refractivity contribution in [1.29, 1.82) is 0 Å². The zero-order valence-electron chi connectivity index (χ0n) is 11.1. The van der Waals surface area contributed by atoms with Crippen molar-refractivity contribution in [2.24, 2.45) is 5.73 Å². The minimum atomic E-state index is -1.23. The van der Waals surface area contributed by atoms with Crippen LogP contribution in [0.2, 0.25) is 0 Å². The van der Waals surface area contributed by atoms with E-state index in [2.05, 4.69) is 4.74 Å². The molecule has 0 radical (unpaired) electrons. The van der Waals surface area contributed by atoms with Crippen LogP contribution < -0.4 is 10.5 Å². The predicted octanol–water partition coefficient (Wildman–Crippen LogP) is 2.01. The van der Waals surface area contributed by atoms with Crippen molar-refractivity contribution < 1.29 is 23.0 Å². The average molecular weight is 273 g/mol. The number of esters is 1. The van der Waals surface area contributed by atoms with Gasteiger partial charge in [0.2, 0.25) is 0 Å². The highest BCUT2D eigenvalue weighted by atomic mass is 19.1. The van der Waals surface area contributed by atoms with Crippen molar-refractivity contribution in [3.63, 3.8) is 0 Å². The third kappa shape index (κ3) is 4.17. The number of ether oxygens (including phenoxy) is 2. The first kappa shape index (κ1) is 15.4. The molecule has 19 heavy (non-hydrogen) atoms. The lowest BCUT2D eigenvalue weighted by Gasteiger charge is -2.25. The molecule has 0 aliphatic rings. The SMILES string of the molecule is COC(=O)C(C)(N)CC(C)Oc1ccc(F)cc1F. The van der Waals surface area contributed by atoms with Gasteiger partial charge in [0.1, 0.15) is 11.4 Å². The first-order valence-electron chi connectivity index (χ1n) is 5.75. The van der Waals surface area contributed by atoms with Gasteiger partial charge in [-0.05, 0) is 26.0 Å². The van der Waals surface area contributed by atoms with Crippen LogP contribution in [0, 0.1) is 11.6 Å². The first-order chi connectivity index (χ1) is 8.76. The zero-order chi connectivity index (χ0) is 14.6. The molecule has 2 N–H and O–H groups in total. The molecule has 4 nitrogen and oxygen atoms in total. The lowest BCUT2D eigenvalue weighted by atomic mass is 9.96. The van der Waals surface area contributed by atoms with E-state index in [4.69, 9.17) is 10.5 Å². The summed E-state index contributed by atoms with van der Waals surface area (Å²) in [6, 6.07) is 3.00. The quantitative estimate of drug-likeness (QED) is 0.834. The molecule has 106 valence electrons. The highest BCUT2D eigenvalue weighted by Gasteiger charge is 2.32. The number of methoxy groups -OCH3 is 1. The van der Waals surface area contributed by atoms with Gasteiger partial charge in [-0.3, -0.25) is 4.79 Å². The number of carbonyl (C=O) groups excluding carboxylic acids is 1. The summed E-state index contributed by atoms with van der Waals surface area (Å²) in [6.45, 7) is 3.14. The van der Waals surface area contributed by atoms with Gasteiger partial charge in [-0.1, -0.05) is 0 Å². The van der Waals surface area contributed by atoms with Crippen LogP contribution in [0.25, 0.3) is 0 Å². The van der Waals surface area contributed by atoms with Crippen molar-refractivity contribution in [3.05, 3.63) is 29.8 Å². The molecule has 0 saturated carbocycles. The molecule has 2 unspecified atom stereocenters. The molecule has 1 rings (SSSR count). The Bertz CT molecular complexity index is 463. The number of nitrogens with two attached hydrogens (primary N) is 1. The molecular formula is C13H17F2NO3. The number of carbonyl (C=O) groups is 1. The summed E-state index contributed by atoms with van der Waals surface area (Å²) in [6.07, 6.45) is -0.398.